The summed E-state index contributed by atoms with van der Waals surface area (Å²) in [4.78, 5) is 28.8. The van der Waals surface area contributed by atoms with Crippen LogP contribution in [0.5, 0.6) is 11.5 Å². The standard InChI is InChI=1S/C35H38N2O4/c38-27-10-7-25(8-11-27)24-5-3-22(4-6-24)15-17-36-34(41)29-13-9-26-19-31-30-14-12-28(39)20-35(30,32(26)33(29)40)16-18-37(31)21-23-1-2-23/h3-11,13,23,30-31,38,40H,1-2,12,14-21H2,(H,36,41)/t30-,31+,35-/m0/s1. The molecule has 6 heteroatoms. The quantitative estimate of drug-likeness (QED) is 0.367. The number of fused-ring (bicyclic) bond motifs is 1. The van der Waals surface area contributed by atoms with Crippen LogP contribution in [0.25, 0.3) is 11.1 Å². The first-order chi connectivity index (χ1) is 19.9. The molecule has 2 saturated carbocycles. The summed E-state index contributed by atoms with van der Waals surface area (Å²) in [6, 6.07) is 19.6. The highest BCUT2D eigenvalue weighted by Crippen LogP contribution is 2.58. The number of hydrogen-bond acceptors (Lipinski definition) is 5. The molecule has 2 bridgehead atoms. The van der Waals surface area contributed by atoms with E-state index in [1.54, 1.807) is 18.2 Å². The number of nitrogens with zero attached hydrogens (tertiary/aromatic N) is 1. The highest BCUT2D eigenvalue weighted by molar-refractivity contribution is 5.98. The zero-order valence-corrected chi connectivity index (χ0v) is 23.4. The van der Waals surface area contributed by atoms with Gasteiger partial charge in [0, 0.05) is 43.0 Å². The highest BCUT2D eigenvalue weighted by atomic mass is 16.3. The number of carbonyl (C=O) groups is 2. The van der Waals surface area contributed by atoms with E-state index in [2.05, 4.69) is 22.3 Å². The number of likely N-dealkylation sites (tertiary alicyclic amines) is 1. The third kappa shape index (κ3) is 4.82. The number of carbonyl (C=O) groups excluding carboxylic acids is 2. The summed E-state index contributed by atoms with van der Waals surface area (Å²) < 4.78 is 0. The Morgan fingerprint density at radius 2 is 1.68 bits per heavy atom. The van der Waals surface area contributed by atoms with Crippen molar-refractivity contribution < 1.29 is 19.8 Å². The lowest BCUT2D eigenvalue weighted by Crippen LogP contribution is -2.62. The maximum absolute atomic E-state index is 13.3. The second-order valence-electron chi connectivity index (χ2n) is 12.7. The molecule has 1 amide bonds. The number of ketones is 1. The lowest BCUT2D eigenvalue weighted by Gasteiger charge is -2.58. The Labute approximate surface area is 241 Å². The molecule has 3 atom stereocenters. The minimum Gasteiger partial charge on any atom is -0.508 e. The van der Waals surface area contributed by atoms with Gasteiger partial charge < -0.3 is 15.5 Å². The molecule has 3 aromatic carbocycles. The van der Waals surface area contributed by atoms with Crippen LogP contribution >= 0.6 is 0 Å². The SMILES string of the molecule is O=C1CC[C@H]2[C@H]3Cc4ccc(C(=O)NCCc5ccc(-c6ccc(O)cc6)cc5)c(O)c4[C@@]2(CCN3CC2CC2)C1. The first-order valence-corrected chi connectivity index (χ1v) is 15.2. The Bertz CT molecular complexity index is 1480. The molecule has 1 aliphatic heterocycles. The number of benzene rings is 3. The summed E-state index contributed by atoms with van der Waals surface area (Å²) in [5.41, 5.74) is 5.17. The summed E-state index contributed by atoms with van der Waals surface area (Å²) >= 11 is 0. The van der Waals surface area contributed by atoms with E-state index in [4.69, 9.17) is 0 Å². The van der Waals surface area contributed by atoms with E-state index in [-0.39, 0.29) is 28.6 Å². The molecule has 3 N–H and O–H groups in total. The van der Waals surface area contributed by atoms with Gasteiger partial charge in [0.2, 0.25) is 0 Å². The van der Waals surface area contributed by atoms with Crippen molar-refractivity contribution in [1.29, 1.82) is 0 Å². The number of aromatic hydroxyl groups is 2. The maximum atomic E-state index is 13.3. The van der Waals surface area contributed by atoms with E-state index in [0.717, 1.165) is 66.1 Å². The largest absolute Gasteiger partial charge is 0.508 e. The second-order valence-corrected chi connectivity index (χ2v) is 12.7. The van der Waals surface area contributed by atoms with Gasteiger partial charge in [-0.1, -0.05) is 42.5 Å². The summed E-state index contributed by atoms with van der Waals surface area (Å²) in [5.74, 6) is 1.53. The smallest absolute Gasteiger partial charge is 0.255 e. The fourth-order valence-electron chi connectivity index (χ4n) is 7.99. The van der Waals surface area contributed by atoms with E-state index in [1.807, 2.05) is 30.3 Å². The average Bonchev–Trinajstić information content (AvgIpc) is 3.79. The number of phenols is 2. The first-order valence-electron chi connectivity index (χ1n) is 15.2. The average molecular weight is 551 g/mol. The molecule has 4 aliphatic rings. The van der Waals surface area contributed by atoms with Gasteiger partial charge in [0.15, 0.2) is 0 Å². The van der Waals surface area contributed by atoms with Crippen molar-refractivity contribution in [2.45, 2.75) is 62.8 Å². The van der Waals surface area contributed by atoms with E-state index in [0.29, 0.717) is 43.3 Å². The minimum atomic E-state index is -0.354. The van der Waals surface area contributed by atoms with Gasteiger partial charge >= 0.3 is 0 Å². The van der Waals surface area contributed by atoms with Gasteiger partial charge in [-0.15, -0.1) is 0 Å². The van der Waals surface area contributed by atoms with Gasteiger partial charge in [-0.2, -0.15) is 0 Å². The van der Waals surface area contributed by atoms with Crippen molar-refractivity contribution in [2.24, 2.45) is 11.8 Å². The molecular weight excluding hydrogens is 512 g/mol. The monoisotopic (exact) mass is 550 g/mol. The summed E-state index contributed by atoms with van der Waals surface area (Å²) in [7, 11) is 0. The summed E-state index contributed by atoms with van der Waals surface area (Å²) in [5, 5.41) is 24.2. The van der Waals surface area contributed by atoms with Crippen LogP contribution in [0.1, 0.15) is 65.6 Å². The Balaban J connectivity index is 1.07. The molecule has 0 radical (unpaired) electrons. The Kier molecular flexibility index (Phi) is 6.61. The van der Waals surface area contributed by atoms with Crippen LogP contribution in [-0.4, -0.2) is 52.5 Å². The third-order valence-electron chi connectivity index (χ3n) is 10.2. The van der Waals surface area contributed by atoms with Crippen LogP contribution in [0.4, 0.5) is 0 Å². The molecule has 0 spiro atoms. The first kappa shape index (κ1) is 26.3. The number of piperidine rings is 1. The zero-order valence-electron chi connectivity index (χ0n) is 23.4. The normalized spacial score (nSPS) is 25.3. The van der Waals surface area contributed by atoms with Crippen LogP contribution in [0, 0.1) is 11.8 Å². The molecule has 3 fully saturated rings. The molecule has 1 saturated heterocycles. The number of Topliss-reactive ketones (excluding diaryl/α,β-unsaturated/α-hetero) is 1. The van der Waals surface area contributed by atoms with Gasteiger partial charge in [-0.3, -0.25) is 14.5 Å². The Hall–Kier alpha value is -3.64. The van der Waals surface area contributed by atoms with Crippen molar-refractivity contribution in [3.05, 3.63) is 82.9 Å². The predicted molar refractivity (Wildman–Crippen MR) is 158 cm³/mol. The van der Waals surface area contributed by atoms with Crippen LogP contribution in [0.2, 0.25) is 0 Å². The number of hydrogen-bond donors (Lipinski definition) is 3. The molecule has 212 valence electrons. The number of nitrogens with one attached hydrogen (secondary N) is 1. The van der Waals surface area contributed by atoms with Crippen LogP contribution < -0.4 is 5.32 Å². The molecule has 7 rings (SSSR count). The van der Waals surface area contributed by atoms with Gasteiger partial charge in [0.05, 0.1) is 5.56 Å². The van der Waals surface area contributed by atoms with Crippen molar-refractivity contribution in [2.75, 3.05) is 19.6 Å². The van der Waals surface area contributed by atoms with Crippen molar-refractivity contribution in [3.63, 3.8) is 0 Å². The van der Waals surface area contributed by atoms with Crippen LogP contribution in [-0.2, 0) is 23.1 Å². The molecule has 3 aliphatic carbocycles. The number of phenolic OH excluding ortho intramolecular Hbond substituents is 2. The molecular formula is C35H38N2O4. The minimum absolute atomic E-state index is 0.0899. The fraction of sp³-hybridized carbons (Fsp3) is 0.429. The second kappa shape index (κ2) is 10.3. The Morgan fingerprint density at radius 1 is 0.951 bits per heavy atom. The topological polar surface area (TPSA) is 89.9 Å². The number of amides is 1. The van der Waals surface area contributed by atoms with E-state index in [9.17, 15) is 19.8 Å². The molecule has 41 heavy (non-hydrogen) atoms. The van der Waals surface area contributed by atoms with E-state index in [1.165, 1.54) is 12.8 Å². The molecule has 1 heterocycles. The van der Waals surface area contributed by atoms with Gasteiger partial charge in [0.25, 0.3) is 5.91 Å². The highest BCUT2D eigenvalue weighted by Gasteiger charge is 2.57. The zero-order chi connectivity index (χ0) is 28.1. The van der Waals surface area contributed by atoms with Gasteiger partial charge in [0.1, 0.15) is 17.3 Å². The van der Waals surface area contributed by atoms with Crippen LogP contribution in [0.15, 0.2) is 60.7 Å². The van der Waals surface area contributed by atoms with Crippen molar-refractivity contribution in [1.82, 2.24) is 10.2 Å². The van der Waals surface area contributed by atoms with Crippen molar-refractivity contribution in [3.8, 4) is 22.6 Å². The molecule has 0 unspecified atom stereocenters. The Morgan fingerprint density at radius 3 is 2.41 bits per heavy atom. The van der Waals surface area contributed by atoms with Gasteiger partial charge in [-0.05, 0) is 97.4 Å². The van der Waals surface area contributed by atoms with E-state index < -0.39 is 0 Å². The van der Waals surface area contributed by atoms with Crippen LogP contribution in [0.3, 0.4) is 0 Å². The lowest BCUT2D eigenvalue weighted by atomic mass is 9.51. The summed E-state index contributed by atoms with van der Waals surface area (Å²) in [6.45, 7) is 2.58. The lowest BCUT2D eigenvalue weighted by molar-refractivity contribution is -0.127. The summed E-state index contributed by atoms with van der Waals surface area (Å²) in [6.07, 6.45) is 7.09. The van der Waals surface area contributed by atoms with Gasteiger partial charge in [-0.25, -0.2) is 0 Å². The maximum Gasteiger partial charge on any atom is 0.255 e. The molecule has 3 aromatic rings. The third-order valence-corrected chi connectivity index (χ3v) is 10.2. The number of rotatable bonds is 7. The predicted octanol–water partition coefficient (Wildman–Crippen LogP) is 5.38. The molecule has 6 nitrogen and oxygen atoms in total. The van der Waals surface area contributed by atoms with Crippen molar-refractivity contribution >= 4 is 11.7 Å². The molecule has 0 aromatic heterocycles. The fourth-order valence-corrected chi connectivity index (χ4v) is 7.99. The van der Waals surface area contributed by atoms with E-state index >= 15 is 0 Å².